The Morgan fingerprint density at radius 1 is 1.35 bits per heavy atom. The predicted octanol–water partition coefficient (Wildman–Crippen LogP) is 5.14. The molecule has 1 aliphatic carbocycles. The summed E-state index contributed by atoms with van der Waals surface area (Å²) in [6.45, 7) is 0. The minimum Gasteiger partial charge on any atom is -0.339 e. The zero-order chi connectivity index (χ0) is 14.3. The standard InChI is InChI=1S/C14H11BrCl2N2O/c15-13-10(17)2-1-3-11(13)18-14(20)12-6-8(16)7-19(12)9-4-5-9/h1-3,6-7,9H,4-5H2,(H,18,20). The van der Waals surface area contributed by atoms with Crippen molar-refractivity contribution in [2.75, 3.05) is 5.32 Å². The first kappa shape index (κ1) is 14.0. The zero-order valence-corrected chi connectivity index (χ0v) is 13.5. The van der Waals surface area contributed by atoms with Crippen LogP contribution in [-0.2, 0) is 0 Å². The Hall–Kier alpha value is -0.970. The van der Waals surface area contributed by atoms with Crippen LogP contribution in [0.2, 0.25) is 10.0 Å². The quantitative estimate of drug-likeness (QED) is 0.793. The minimum atomic E-state index is -0.188. The fourth-order valence-corrected chi connectivity index (χ4v) is 2.82. The molecule has 2 aromatic rings. The number of amides is 1. The highest BCUT2D eigenvalue weighted by molar-refractivity contribution is 9.10. The highest BCUT2D eigenvalue weighted by Crippen LogP contribution is 2.38. The summed E-state index contributed by atoms with van der Waals surface area (Å²) in [5.41, 5.74) is 1.21. The van der Waals surface area contributed by atoms with Crippen LogP contribution in [0.4, 0.5) is 5.69 Å². The van der Waals surface area contributed by atoms with Gasteiger partial charge in [-0.1, -0.05) is 29.3 Å². The van der Waals surface area contributed by atoms with Crippen molar-refractivity contribution < 1.29 is 4.79 Å². The molecule has 1 heterocycles. The molecule has 1 amide bonds. The van der Waals surface area contributed by atoms with Crippen LogP contribution in [0.1, 0.15) is 29.4 Å². The van der Waals surface area contributed by atoms with Gasteiger partial charge in [0, 0.05) is 12.2 Å². The second-order valence-electron chi connectivity index (χ2n) is 4.74. The van der Waals surface area contributed by atoms with Crippen molar-refractivity contribution in [2.24, 2.45) is 0 Å². The lowest BCUT2D eigenvalue weighted by atomic mass is 10.3. The number of carbonyl (C=O) groups excluding carboxylic acids is 1. The van der Waals surface area contributed by atoms with Crippen LogP contribution in [0.25, 0.3) is 0 Å². The SMILES string of the molecule is O=C(Nc1cccc(Cl)c1Br)c1cc(Cl)cn1C1CC1. The van der Waals surface area contributed by atoms with Crippen LogP contribution in [0.5, 0.6) is 0 Å². The van der Waals surface area contributed by atoms with E-state index in [-0.39, 0.29) is 5.91 Å². The summed E-state index contributed by atoms with van der Waals surface area (Å²) in [6, 6.07) is 7.42. The minimum absolute atomic E-state index is 0.188. The smallest absolute Gasteiger partial charge is 0.272 e. The number of aromatic nitrogens is 1. The first-order valence-electron chi connectivity index (χ1n) is 6.19. The Bertz CT molecular complexity index is 680. The van der Waals surface area contributed by atoms with Crippen LogP contribution in [0.15, 0.2) is 34.9 Å². The van der Waals surface area contributed by atoms with Crippen molar-refractivity contribution in [2.45, 2.75) is 18.9 Å². The van der Waals surface area contributed by atoms with Gasteiger partial charge in [-0.15, -0.1) is 0 Å². The Morgan fingerprint density at radius 2 is 2.10 bits per heavy atom. The van der Waals surface area contributed by atoms with Gasteiger partial charge in [-0.3, -0.25) is 4.79 Å². The van der Waals surface area contributed by atoms with Crippen molar-refractivity contribution in [1.82, 2.24) is 4.57 Å². The number of rotatable bonds is 3. The van der Waals surface area contributed by atoms with Crippen molar-refractivity contribution in [3.63, 3.8) is 0 Å². The van der Waals surface area contributed by atoms with Gasteiger partial charge in [0.25, 0.3) is 5.91 Å². The predicted molar refractivity (Wildman–Crippen MR) is 84.8 cm³/mol. The number of hydrogen-bond donors (Lipinski definition) is 1. The number of halogens is 3. The van der Waals surface area contributed by atoms with Gasteiger partial charge in [0.15, 0.2) is 0 Å². The molecule has 3 rings (SSSR count). The highest BCUT2D eigenvalue weighted by Gasteiger charge is 2.28. The van der Waals surface area contributed by atoms with Crippen LogP contribution in [0, 0.1) is 0 Å². The number of anilines is 1. The second kappa shape index (κ2) is 5.43. The van der Waals surface area contributed by atoms with E-state index in [1.807, 2.05) is 4.57 Å². The summed E-state index contributed by atoms with van der Waals surface area (Å²) in [5.74, 6) is -0.188. The van der Waals surface area contributed by atoms with Gasteiger partial charge in [0.2, 0.25) is 0 Å². The normalized spacial score (nSPS) is 14.3. The zero-order valence-electron chi connectivity index (χ0n) is 10.4. The average Bonchev–Trinajstić information content (AvgIpc) is 3.18. The van der Waals surface area contributed by atoms with E-state index in [9.17, 15) is 4.79 Å². The monoisotopic (exact) mass is 372 g/mol. The summed E-state index contributed by atoms with van der Waals surface area (Å²) < 4.78 is 2.61. The van der Waals surface area contributed by atoms with Gasteiger partial charge in [-0.2, -0.15) is 0 Å². The topological polar surface area (TPSA) is 34.0 Å². The van der Waals surface area contributed by atoms with Crippen LogP contribution in [0.3, 0.4) is 0 Å². The molecule has 0 bridgehead atoms. The van der Waals surface area contributed by atoms with Crippen molar-refractivity contribution in [1.29, 1.82) is 0 Å². The Morgan fingerprint density at radius 3 is 2.80 bits per heavy atom. The largest absolute Gasteiger partial charge is 0.339 e. The third-order valence-electron chi connectivity index (χ3n) is 3.19. The molecule has 0 spiro atoms. The van der Waals surface area contributed by atoms with E-state index in [0.29, 0.717) is 31.9 Å². The van der Waals surface area contributed by atoms with Gasteiger partial charge in [-0.25, -0.2) is 0 Å². The molecule has 0 atom stereocenters. The van der Waals surface area contributed by atoms with Crippen LogP contribution in [-0.4, -0.2) is 10.5 Å². The second-order valence-corrected chi connectivity index (χ2v) is 6.37. The molecule has 104 valence electrons. The lowest BCUT2D eigenvalue weighted by molar-refractivity contribution is 0.101. The third-order valence-corrected chi connectivity index (χ3v) is 4.79. The summed E-state index contributed by atoms with van der Waals surface area (Å²) in [4.78, 5) is 12.4. The van der Waals surface area contributed by atoms with E-state index in [2.05, 4.69) is 21.2 Å². The van der Waals surface area contributed by atoms with Crippen molar-refractivity contribution >= 4 is 50.7 Å². The maximum Gasteiger partial charge on any atom is 0.272 e. The Labute approximate surface area is 135 Å². The maximum absolute atomic E-state index is 12.4. The number of carbonyl (C=O) groups is 1. The van der Waals surface area contributed by atoms with E-state index in [1.165, 1.54) is 0 Å². The first-order chi connectivity index (χ1) is 9.56. The van der Waals surface area contributed by atoms with Gasteiger partial charge in [-0.05, 0) is 47.0 Å². The van der Waals surface area contributed by atoms with E-state index in [1.54, 1.807) is 30.5 Å². The molecule has 0 saturated heterocycles. The van der Waals surface area contributed by atoms with Crippen molar-refractivity contribution in [3.05, 3.63) is 50.7 Å². The number of nitrogens with zero attached hydrogens (tertiary/aromatic N) is 1. The lowest BCUT2D eigenvalue weighted by Crippen LogP contribution is -2.16. The number of benzene rings is 1. The van der Waals surface area contributed by atoms with Gasteiger partial charge in [0.1, 0.15) is 5.69 Å². The molecule has 1 fully saturated rings. The summed E-state index contributed by atoms with van der Waals surface area (Å²) >= 11 is 15.4. The Balaban J connectivity index is 1.88. The Kier molecular flexibility index (Phi) is 3.80. The fraction of sp³-hybridized carbons (Fsp3) is 0.214. The molecule has 1 aliphatic rings. The average molecular weight is 374 g/mol. The summed E-state index contributed by atoms with van der Waals surface area (Å²) in [5, 5.41) is 3.98. The molecule has 1 aromatic heterocycles. The molecule has 6 heteroatoms. The fourth-order valence-electron chi connectivity index (χ4n) is 2.07. The molecular weight excluding hydrogens is 363 g/mol. The van der Waals surface area contributed by atoms with Gasteiger partial charge in [0.05, 0.1) is 20.2 Å². The molecule has 0 unspecified atom stereocenters. The molecule has 20 heavy (non-hydrogen) atoms. The van der Waals surface area contributed by atoms with Gasteiger partial charge < -0.3 is 9.88 Å². The first-order valence-corrected chi connectivity index (χ1v) is 7.74. The number of hydrogen-bond acceptors (Lipinski definition) is 1. The van der Waals surface area contributed by atoms with Crippen molar-refractivity contribution in [3.8, 4) is 0 Å². The summed E-state index contributed by atoms with van der Waals surface area (Å²) in [7, 11) is 0. The lowest BCUT2D eigenvalue weighted by Gasteiger charge is -2.10. The molecule has 1 N–H and O–H groups in total. The van der Waals surface area contributed by atoms with Crippen LogP contribution < -0.4 is 5.32 Å². The third kappa shape index (κ3) is 2.73. The van der Waals surface area contributed by atoms with Gasteiger partial charge >= 0.3 is 0 Å². The molecule has 1 saturated carbocycles. The molecule has 1 aromatic carbocycles. The highest BCUT2D eigenvalue weighted by atomic mass is 79.9. The van der Waals surface area contributed by atoms with Crippen LogP contribution >= 0.6 is 39.1 Å². The summed E-state index contributed by atoms with van der Waals surface area (Å²) in [6.07, 6.45) is 3.99. The molecule has 3 nitrogen and oxygen atoms in total. The molecule has 0 aliphatic heterocycles. The maximum atomic E-state index is 12.4. The van der Waals surface area contributed by atoms with E-state index in [0.717, 1.165) is 12.8 Å². The molecular formula is C14H11BrCl2N2O. The van der Waals surface area contributed by atoms with E-state index < -0.39 is 0 Å². The van der Waals surface area contributed by atoms with E-state index >= 15 is 0 Å². The molecule has 0 radical (unpaired) electrons. The number of nitrogens with one attached hydrogen (secondary N) is 1. The van der Waals surface area contributed by atoms with E-state index in [4.69, 9.17) is 23.2 Å².